The summed E-state index contributed by atoms with van der Waals surface area (Å²) in [6.45, 7) is 15.4. The van der Waals surface area contributed by atoms with Crippen molar-refractivity contribution in [1.82, 2.24) is 9.80 Å². The first-order valence-corrected chi connectivity index (χ1v) is 7.23. The van der Waals surface area contributed by atoms with E-state index in [4.69, 9.17) is 4.74 Å². The maximum Gasteiger partial charge on any atom is 0.0999 e. The van der Waals surface area contributed by atoms with Gasteiger partial charge < -0.3 is 9.64 Å². The predicted octanol–water partition coefficient (Wildman–Crippen LogP) is 2.53. The van der Waals surface area contributed by atoms with Crippen molar-refractivity contribution in [3.05, 3.63) is 37.1 Å². The molecule has 0 aromatic rings. The van der Waals surface area contributed by atoms with Crippen molar-refractivity contribution >= 4 is 0 Å². The second kappa shape index (κ2) is 9.82. The molecule has 1 fully saturated rings. The minimum absolute atomic E-state index is 0.617. The zero-order valence-corrected chi connectivity index (χ0v) is 12.4. The molecular formula is C16H28N2O. The number of hydrogen-bond donors (Lipinski definition) is 0. The van der Waals surface area contributed by atoms with Gasteiger partial charge in [0.05, 0.1) is 12.9 Å². The smallest absolute Gasteiger partial charge is 0.0999 e. The quantitative estimate of drug-likeness (QED) is 0.381. The first-order chi connectivity index (χ1) is 9.26. The van der Waals surface area contributed by atoms with Gasteiger partial charge in [0.2, 0.25) is 0 Å². The minimum Gasteiger partial charge on any atom is -0.500 e. The highest BCUT2D eigenvalue weighted by Gasteiger charge is 2.17. The average molecular weight is 264 g/mol. The number of hydrogen-bond acceptors (Lipinski definition) is 3. The summed E-state index contributed by atoms with van der Waals surface area (Å²) in [6.07, 6.45) is 10.1. The first kappa shape index (κ1) is 16.0. The van der Waals surface area contributed by atoms with Gasteiger partial charge in [-0.05, 0) is 12.8 Å². The van der Waals surface area contributed by atoms with Crippen LogP contribution in [0.4, 0.5) is 0 Å². The van der Waals surface area contributed by atoms with Crippen LogP contribution in [-0.4, -0.2) is 55.7 Å². The lowest BCUT2D eigenvalue weighted by Gasteiger charge is -2.35. The van der Waals surface area contributed by atoms with Crippen LogP contribution in [0.3, 0.4) is 0 Å². The van der Waals surface area contributed by atoms with E-state index in [2.05, 4.69) is 47.6 Å². The van der Waals surface area contributed by atoms with Crippen molar-refractivity contribution in [2.75, 3.05) is 45.9 Å². The summed E-state index contributed by atoms with van der Waals surface area (Å²) >= 11 is 0. The molecule has 3 nitrogen and oxygen atoms in total. The molecule has 0 N–H and O–H groups in total. The second-order valence-electron chi connectivity index (χ2n) is 5.07. The van der Waals surface area contributed by atoms with Gasteiger partial charge in [-0.3, -0.25) is 4.90 Å². The van der Waals surface area contributed by atoms with Crippen LogP contribution < -0.4 is 0 Å². The summed E-state index contributed by atoms with van der Waals surface area (Å²) in [5, 5.41) is 0. The van der Waals surface area contributed by atoms with Gasteiger partial charge in [0.25, 0.3) is 0 Å². The lowest BCUT2D eigenvalue weighted by molar-refractivity contribution is 0.103. The highest BCUT2D eigenvalue weighted by atomic mass is 16.5. The van der Waals surface area contributed by atoms with E-state index in [1.807, 2.05) is 6.92 Å². The number of rotatable bonds is 8. The molecule has 0 aromatic carbocycles. The molecule has 1 heterocycles. The summed E-state index contributed by atoms with van der Waals surface area (Å²) in [4.78, 5) is 5.01. The van der Waals surface area contributed by atoms with E-state index in [1.54, 1.807) is 0 Å². The Balaban J connectivity index is 2.17. The Bertz CT molecular complexity index is 291. The van der Waals surface area contributed by atoms with Crippen molar-refractivity contribution < 1.29 is 4.74 Å². The third kappa shape index (κ3) is 7.19. The first-order valence-electron chi connectivity index (χ1n) is 7.23. The van der Waals surface area contributed by atoms with Crippen LogP contribution in [0.5, 0.6) is 0 Å². The molecule has 0 aromatic heterocycles. The van der Waals surface area contributed by atoms with E-state index in [9.17, 15) is 0 Å². The normalized spacial score (nSPS) is 20.1. The summed E-state index contributed by atoms with van der Waals surface area (Å²) in [5.41, 5.74) is 0. The third-order valence-corrected chi connectivity index (χ3v) is 3.40. The summed E-state index contributed by atoms with van der Waals surface area (Å²) in [5.74, 6) is 0.617. The summed E-state index contributed by atoms with van der Waals surface area (Å²) in [7, 11) is 0. The van der Waals surface area contributed by atoms with Gasteiger partial charge in [0.15, 0.2) is 0 Å². The van der Waals surface area contributed by atoms with Crippen molar-refractivity contribution in [2.45, 2.75) is 13.8 Å². The van der Waals surface area contributed by atoms with Crippen molar-refractivity contribution in [3.63, 3.8) is 0 Å². The van der Waals surface area contributed by atoms with Crippen LogP contribution in [0, 0.1) is 5.92 Å². The Labute approximate surface area is 118 Å². The molecule has 1 unspecified atom stereocenters. The lowest BCUT2D eigenvalue weighted by Crippen LogP contribution is -2.48. The summed E-state index contributed by atoms with van der Waals surface area (Å²) in [6, 6.07) is 0. The largest absolute Gasteiger partial charge is 0.500 e. The van der Waals surface area contributed by atoms with Gasteiger partial charge >= 0.3 is 0 Å². The van der Waals surface area contributed by atoms with E-state index in [0.717, 1.165) is 45.9 Å². The van der Waals surface area contributed by atoms with Crippen molar-refractivity contribution in [3.8, 4) is 0 Å². The number of piperazine rings is 1. The fraction of sp³-hybridized carbons (Fsp3) is 0.625. The van der Waals surface area contributed by atoms with Gasteiger partial charge in [-0.2, -0.15) is 0 Å². The van der Waals surface area contributed by atoms with Gasteiger partial charge in [0.1, 0.15) is 0 Å². The predicted molar refractivity (Wildman–Crippen MR) is 82.1 cm³/mol. The fourth-order valence-corrected chi connectivity index (χ4v) is 2.29. The maximum absolute atomic E-state index is 5.18. The van der Waals surface area contributed by atoms with Gasteiger partial charge in [0, 0.05) is 39.3 Å². The van der Waals surface area contributed by atoms with Gasteiger partial charge in [-0.15, -0.1) is 0 Å². The molecule has 108 valence electrons. The number of allylic oxidation sites excluding steroid dienone is 3. The van der Waals surface area contributed by atoms with E-state index >= 15 is 0 Å². The van der Waals surface area contributed by atoms with Crippen LogP contribution in [0.2, 0.25) is 0 Å². The molecule has 1 rings (SSSR count). The van der Waals surface area contributed by atoms with Crippen LogP contribution >= 0.6 is 0 Å². The molecule has 19 heavy (non-hydrogen) atoms. The zero-order valence-electron chi connectivity index (χ0n) is 12.4. The van der Waals surface area contributed by atoms with Gasteiger partial charge in [-0.1, -0.05) is 37.8 Å². The van der Waals surface area contributed by atoms with Crippen molar-refractivity contribution in [1.29, 1.82) is 0 Å². The second-order valence-corrected chi connectivity index (χ2v) is 5.07. The van der Waals surface area contributed by atoms with E-state index in [0.29, 0.717) is 5.92 Å². The Morgan fingerprint density at radius 1 is 1.16 bits per heavy atom. The molecule has 1 atom stereocenters. The van der Waals surface area contributed by atoms with Crippen LogP contribution in [-0.2, 0) is 4.74 Å². The molecule has 1 aliphatic heterocycles. The molecule has 0 bridgehead atoms. The monoisotopic (exact) mass is 264 g/mol. The topological polar surface area (TPSA) is 15.7 Å². The van der Waals surface area contributed by atoms with Crippen LogP contribution in [0.1, 0.15) is 13.8 Å². The molecule has 1 aliphatic rings. The Hall–Kier alpha value is -1.06. The minimum atomic E-state index is 0.617. The molecule has 3 heteroatoms. The SMILES string of the molecule is C=COCCN1CCN(CC(C)/C=C\C=C/C)CC1. The summed E-state index contributed by atoms with van der Waals surface area (Å²) < 4.78 is 5.18. The Kier molecular flexibility index (Phi) is 8.26. The Morgan fingerprint density at radius 3 is 2.47 bits per heavy atom. The Morgan fingerprint density at radius 2 is 1.84 bits per heavy atom. The number of ether oxygens (including phenoxy) is 1. The van der Waals surface area contributed by atoms with Crippen LogP contribution in [0.15, 0.2) is 37.1 Å². The molecular weight excluding hydrogens is 236 g/mol. The average Bonchev–Trinajstić information content (AvgIpc) is 2.41. The van der Waals surface area contributed by atoms with E-state index in [-0.39, 0.29) is 0 Å². The third-order valence-electron chi connectivity index (χ3n) is 3.40. The van der Waals surface area contributed by atoms with Gasteiger partial charge in [-0.25, -0.2) is 0 Å². The van der Waals surface area contributed by atoms with Crippen molar-refractivity contribution in [2.24, 2.45) is 5.92 Å². The zero-order chi connectivity index (χ0) is 13.9. The molecule has 1 saturated heterocycles. The molecule has 0 saturated carbocycles. The molecule has 0 spiro atoms. The molecule has 0 radical (unpaired) electrons. The molecule has 0 aliphatic carbocycles. The lowest BCUT2D eigenvalue weighted by atomic mass is 10.1. The van der Waals surface area contributed by atoms with Crippen LogP contribution in [0.25, 0.3) is 0 Å². The standard InChI is InChI=1S/C16H28N2O/c1-4-6-7-8-16(3)15-18-11-9-17(10-12-18)13-14-19-5-2/h4-8,16H,2,9-15H2,1,3H3/b6-4-,8-7-. The number of nitrogens with zero attached hydrogens (tertiary/aromatic N) is 2. The highest BCUT2D eigenvalue weighted by Crippen LogP contribution is 2.07. The maximum atomic E-state index is 5.18. The molecule has 0 amide bonds. The highest BCUT2D eigenvalue weighted by molar-refractivity contribution is 5.03. The van der Waals surface area contributed by atoms with E-state index in [1.165, 1.54) is 6.26 Å². The van der Waals surface area contributed by atoms with E-state index < -0.39 is 0 Å². The fourth-order valence-electron chi connectivity index (χ4n) is 2.29.